The van der Waals surface area contributed by atoms with E-state index in [0.717, 1.165) is 25.3 Å². The van der Waals surface area contributed by atoms with Crippen LogP contribution in [-0.4, -0.2) is 28.6 Å². The maximum absolute atomic E-state index is 10.3. The molecule has 3 nitrogen and oxygen atoms in total. The van der Waals surface area contributed by atoms with E-state index in [1.165, 1.54) is 6.08 Å². The molecule has 0 aromatic heterocycles. The lowest BCUT2D eigenvalue weighted by molar-refractivity contribution is -0.131. The monoisotopic (exact) mass is 183 g/mol. The smallest absolute Gasteiger partial charge is 0.329 e. The largest absolute Gasteiger partial charge is 0.478 e. The summed E-state index contributed by atoms with van der Waals surface area (Å²) < 4.78 is 0. The predicted octanol–water partition coefficient (Wildman–Crippen LogP) is 1.71. The summed E-state index contributed by atoms with van der Waals surface area (Å²) >= 11 is 0. The van der Waals surface area contributed by atoms with Crippen LogP contribution < -0.4 is 0 Å². The van der Waals surface area contributed by atoms with Crippen LogP contribution in [0.5, 0.6) is 0 Å². The van der Waals surface area contributed by atoms with Gasteiger partial charge in [0.1, 0.15) is 0 Å². The van der Waals surface area contributed by atoms with E-state index in [2.05, 4.69) is 18.7 Å². The fourth-order valence-electron chi connectivity index (χ4n) is 1.81. The van der Waals surface area contributed by atoms with Crippen molar-refractivity contribution in [2.45, 2.75) is 32.7 Å². The second-order valence-corrected chi connectivity index (χ2v) is 3.87. The molecule has 74 valence electrons. The molecular formula is C10H17NO2. The Hall–Kier alpha value is -0.990. The average molecular weight is 183 g/mol. The highest BCUT2D eigenvalue weighted by Gasteiger charge is 2.19. The molecule has 1 aliphatic heterocycles. The van der Waals surface area contributed by atoms with E-state index < -0.39 is 5.97 Å². The second-order valence-electron chi connectivity index (χ2n) is 3.87. The summed E-state index contributed by atoms with van der Waals surface area (Å²) in [5.74, 6) is -0.102. The Labute approximate surface area is 79.0 Å². The molecule has 13 heavy (non-hydrogen) atoms. The minimum Gasteiger partial charge on any atom is -0.478 e. The summed E-state index contributed by atoms with van der Waals surface area (Å²) in [6, 6.07) is 0.472. The molecule has 0 spiro atoms. The van der Waals surface area contributed by atoms with E-state index in [0.29, 0.717) is 6.04 Å². The van der Waals surface area contributed by atoms with Crippen molar-refractivity contribution in [2.24, 2.45) is 5.92 Å². The molecule has 0 amide bonds. The molecule has 1 N–H and O–H groups in total. The molecule has 0 aliphatic carbocycles. The van der Waals surface area contributed by atoms with Crippen LogP contribution >= 0.6 is 0 Å². The third kappa shape index (κ3) is 3.09. The van der Waals surface area contributed by atoms with Crippen LogP contribution in [0.1, 0.15) is 26.7 Å². The molecule has 0 saturated carbocycles. The van der Waals surface area contributed by atoms with Gasteiger partial charge in [-0.1, -0.05) is 6.92 Å². The average Bonchev–Trinajstić information content (AvgIpc) is 2.02. The lowest BCUT2D eigenvalue weighted by Crippen LogP contribution is -2.36. The summed E-state index contributed by atoms with van der Waals surface area (Å²) in [5, 5.41) is 8.47. The standard InChI is InChI=1S/C10H17NO2/c1-8-3-5-11(9(2)7-8)6-4-10(12)13/h4,6,8-9H,3,5,7H2,1-2H3,(H,12,13)/b6-4+. The first-order chi connectivity index (χ1) is 6.09. The molecule has 1 fully saturated rings. The van der Waals surface area contributed by atoms with Crippen molar-refractivity contribution in [2.75, 3.05) is 6.54 Å². The highest BCUT2D eigenvalue weighted by atomic mass is 16.4. The van der Waals surface area contributed by atoms with Crippen LogP contribution in [0.4, 0.5) is 0 Å². The normalized spacial score (nSPS) is 29.5. The Kier molecular flexibility index (Phi) is 3.34. The van der Waals surface area contributed by atoms with Crippen LogP contribution in [0, 0.1) is 5.92 Å². The Balaban J connectivity index is 2.46. The number of hydrogen-bond acceptors (Lipinski definition) is 2. The Morgan fingerprint density at radius 1 is 1.54 bits per heavy atom. The minimum absolute atomic E-state index is 0.472. The van der Waals surface area contributed by atoms with E-state index in [-0.39, 0.29) is 0 Å². The maximum atomic E-state index is 10.3. The van der Waals surface area contributed by atoms with Crippen LogP contribution in [-0.2, 0) is 4.79 Å². The Morgan fingerprint density at radius 2 is 2.23 bits per heavy atom. The van der Waals surface area contributed by atoms with Gasteiger partial charge in [0.2, 0.25) is 0 Å². The topological polar surface area (TPSA) is 40.5 Å². The number of aliphatic carboxylic acids is 1. The SMILES string of the molecule is CC1CCN(/C=C/C(=O)O)C(C)C1. The van der Waals surface area contributed by atoms with Gasteiger partial charge in [0, 0.05) is 24.9 Å². The van der Waals surface area contributed by atoms with Crippen LogP contribution in [0.2, 0.25) is 0 Å². The summed E-state index contributed by atoms with van der Waals surface area (Å²) in [6.07, 6.45) is 5.23. The summed E-state index contributed by atoms with van der Waals surface area (Å²) in [6.45, 7) is 5.36. The number of likely N-dealkylation sites (tertiary alicyclic amines) is 1. The molecule has 0 aromatic rings. The lowest BCUT2D eigenvalue weighted by Gasteiger charge is -2.35. The fraction of sp³-hybridized carbons (Fsp3) is 0.700. The third-order valence-corrected chi connectivity index (χ3v) is 2.60. The van der Waals surface area contributed by atoms with Crippen LogP contribution in [0.3, 0.4) is 0 Å². The number of nitrogens with zero attached hydrogens (tertiary/aromatic N) is 1. The molecule has 2 unspecified atom stereocenters. The molecule has 3 heteroatoms. The van der Waals surface area contributed by atoms with Crippen molar-refractivity contribution >= 4 is 5.97 Å². The second kappa shape index (κ2) is 4.30. The first kappa shape index (κ1) is 10.1. The number of hydrogen-bond donors (Lipinski definition) is 1. The van der Waals surface area contributed by atoms with Gasteiger partial charge in [0.05, 0.1) is 0 Å². The van der Waals surface area contributed by atoms with Crippen molar-refractivity contribution in [3.8, 4) is 0 Å². The first-order valence-electron chi connectivity index (χ1n) is 4.76. The van der Waals surface area contributed by atoms with Gasteiger partial charge in [0.15, 0.2) is 0 Å². The van der Waals surface area contributed by atoms with Crippen molar-refractivity contribution in [1.82, 2.24) is 4.90 Å². The molecule has 1 aliphatic rings. The molecular weight excluding hydrogens is 166 g/mol. The lowest BCUT2D eigenvalue weighted by atomic mass is 9.94. The first-order valence-corrected chi connectivity index (χ1v) is 4.76. The number of carbonyl (C=O) groups is 1. The van der Waals surface area contributed by atoms with Crippen LogP contribution in [0.15, 0.2) is 12.3 Å². The van der Waals surface area contributed by atoms with E-state index in [1.807, 2.05) is 0 Å². The molecule has 1 saturated heterocycles. The van der Waals surface area contributed by atoms with E-state index in [4.69, 9.17) is 5.11 Å². The summed E-state index contributed by atoms with van der Waals surface area (Å²) in [4.78, 5) is 12.4. The van der Waals surface area contributed by atoms with Crippen molar-refractivity contribution in [3.63, 3.8) is 0 Å². The van der Waals surface area contributed by atoms with Crippen molar-refractivity contribution in [3.05, 3.63) is 12.3 Å². The van der Waals surface area contributed by atoms with E-state index >= 15 is 0 Å². The summed E-state index contributed by atoms with van der Waals surface area (Å²) in [5.41, 5.74) is 0. The van der Waals surface area contributed by atoms with Gasteiger partial charge in [-0.2, -0.15) is 0 Å². The highest BCUT2D eigenvalue weighted by Crippen LogP contribution is 2.21. The predicted molar refractivity (Wildman–Crippen MR) is 51.3 cm³/mol. The number of piperidine rings is 1. The zero-order valence-electron chi connectivity index (χ0n) is 8.23. The van der Waals surface area contributed by atoms with E-state index in [9.17, 15) is 4.79 Å². The molecule has 1 rings (SSSR count). The fourth-order valence-corrected chi connectivity index (χ4v) is 1.81. The van der Waals surface area contributed by atoms with E-state index in [1.54, 1.807) is 6.20 Å². The number of carboxylic acid groups (broad SMARTS) is 1. The van der Waals surface area contributed by atoms with Crippen LogP contribution in [0.25, 0.3) is 0 Å². The molecule has 2 atom stereocenters. The summed E-state index contributed by atoms with van der Waals surface area (Å²) in [7, 11) is 0. The third-order valence-electron chi connectivity index (χ3n) is 2.60. The quantitative estimate of drug-likeness (QED) is 0.662. The van der Waals surface area contributed by atoms with Crippen molar-refractivity contribution in [1.29, 1.82) is 0 Å². The maximum Gasteiger partial charge on any atom is 0.329 e. The Morgan fingerprint density at radius 3 is 2.77 bits per heavy atom. The molecule has 0 aromatic carbocycles. The molecule has 0 radical (unpaired) electrons. The van der Waals surface area contributed by atoms with Gasteiger partial charge in [-0.25, -0.2) is 4.79 Å². The molecule has 0 bridgehead atoms. The van der Waals surface area contributed by atoms with Gasteiger partial charge < -0.3 is 10.0 Å². The van der Waals surface area contributed by atoms with Gasteiger partial charge in [0.25, 0.3) is 0 Å². The van der Waals surface area contributed by atoms with Gasteiger partial charge in [-0.3, -0.25) is 0 Å². The van der Waals surface area contributed by atoms with Gasteiger partial charge in [-0.05, 0) is 25.7 Å². The zero-order valence-corrected chi connectivity index (χ0v) is 8.23. The zero-order chi connectivity index (χ0) is 9.84. The highest BCUT2D eigenvalue weighted by molar-refractivity contribution is 5.79. The van der Waals surface area contributed by atoms with Crippen molar-refractivity contribution < 1.29 is 9.90 Å². The van der Waals surface area contributed by atoms with Gasteiger partial charge in [-0.15, -0.1) is 0 Å². The number of carboxylic acids is 1. The Bertz CT molecular complexity index is 213. The number of rotatable bonds is 2. The molecule has 1 heterocycles. The minimum atomic E-state index is -0.870. The van der Waals surface area contributed by atoms with Gasteiger partial charge >= 0.3 is 5.97 Å².